The minimum Gasteiger partial charge on any atom is -0.360 e. The van der Waals surface area contributed by atoms with Crippen LogP contribution in [0.15, 0.2) is 25.3 Å². The first kappa shape index (κ1) is 14.7. The lowest BCUT2D eigenvalue weighted by atomic mass is 10.4. The number of aromatic nitrogens is 1. The van der Waals surface area contributed by atoms with Crippen LogP contribution in [-0.2, 0) is 23.1 Å². The molecule has 0 radical (unpaired) electrons. The maximum Gasteiger partial charge on any atom is 0.242 e. The molecular weight excluding hydrogens is 354 g/mol. The van der Waals surface area contributed by atoms with Gasteiger partial charge in [0.2, 0.25) is 10.0 Å². The van der Waals surface area contributed by atoms with Crippen LogP contribution in [0.2, 0.25) is 0 Å². The topological polar surface area (TPSA) is 98.2 Å². The third kappa shape index (κ3) is 3.42. The van der Waals surface area contributed by atoms with Crippen molar-refractivity contribution in [1.82, 2.24) is 9.88 Å². The number of rotatable bonds is 5. The van der Waals surface area contributed by atoms with Gasteiger partial charge in [-0.15, -0.1) is 11.3 Å². The molecule has 9 heteroatoms. The third-order valence-electron chi connectivity index (χ3n) is 2.31. The predicted octanol–water partition coefficient (Wildman–Crippen LogP) is 1.74. The van der Waals surface area contributed by atoms with Crippen LogP contribution in [0.25, 0.3) is 0 Å². The number of thiophene rings is 1. The van der Waals surface area contributed by atoms with E-state index in [1.165, 1.54) is 11.3 Å². The average Bonchev–Trinajstić information content (AvgIpc) is 2.93. The first-order chi connectivity index (χ1) is 8.92. The molecule has 0 atom stereocenters. The highest BCUT2D eigenvalue weighted by Crippen LogP contribution is 2.31. The molecule has 104 valence electrons. The van der Waals surface area contributed by atoms with Crippen molar-refractivity contribution >= 4 is 37.3 Å². The van der Waals surface area contributed by atoms with E-state index < -0.39 is 10.0 Å². The smallest absolute Gasteiger partial charge is 0.242 e. The summed E-state index contributed by atoms with van der Waals surface area (Å²) < 4.78 is 32.2. The van der Waals surface area contributed by atoms with Gasteiger partial charge in [-0.2, -0.15) is 0 Å². The molecule has 3 N–H and O–H groups in total. The predicted molar refractivity (Wildman–Crippen MR) is 75.2 cm³/mol. The fourth-order valence-electron chi connectivity index (χ4n) is 1.43. The molecule has 0 saturated heterocycles. The van der Waals surface area contributed by atoms with Crippen LogP contribution in [0.5, 0.6) is 0 Å². The Hall–Kier alpha value is -0.740. The Balaban J connectivity index is 2.15. The molecule has 19 heavy (non-hydrogen) atoms. The highest BCUT2D eigenvalue weighted by atomic mass is 79.9. The minimum absolute atomic E-state index is 0.0589. The van der Waals surface area contributed by atoms with Crippen molar-refractivity contribution < 1.29 is 12.9 Å². The van der Waals surface area contributed by atoms with Crippen molar-refractivity contribution in [1.29, 1.82) is 0 Å². The van der Waals surface area contributed by atoms with Crippen molar-refractivity contribution in [2.45, 2.75) is 24.9 Å². The molecule has 2 aromatic rings. The Labute approximate surface area is 123 Å². The van der Waals surface area contributed by atoms with Crippen LogP contribution in [0, 0.1) is 6.92 Å². The normalized spacial score (nSPS) is 11.9. The third-order valence-corrected chi connectivity index (χ3v) is 5.99. The zero-order valence-electron chi connectivity index (χ0n) is 10.0. The van der Waals surface area contributed by atoms with Crippen LogP contribution in [0.3, 0.4) is 0 Å². The number of nitrogens with one attached hydrogen (secondary N) is 1. The van der Waals surface area contributed by atoms with Crippen LogP contribution < -0.4 is 10.5 Å². The summed E-state index contributed by atoms with van der Waals surface area (Å²) in [7, 11) is -3.60. The van der Waals surface area contributed by atoms with Crippen molar-refractivity contribution in [3.8, 4) is 0 Å². The highest BCUT2D eigenvalue weighted by molar-refractivity contribution is 9.11. The van der Waals surface area contributed by atoms with Crippen LogP contribution >= 0.6 is 27.3 Å². The summed E-state index contributed by atoms with van der Waals surface area (Å²) >= 11 is 4.54. The summed E-state index contributed by atoms with van der Waals surface area (Å²) in [5.41, 5.74) is 6.20. The van der Waals surface area contributed by atoms with Gasteiger partial charge in [0.25, 0.3) is 0 Å². The number of hydrogen-bond acceptors (Lipinski definition) is 6. The summed E-state index contributed by atoms with van der Waals surface area (Å²) in [6, 6.07) is 3.24. The van der Waals surface area contributed by atoms with Gasteiger partial charge in [-0.05, 0) is 28.9 Å². The molecule has 0 aromatic carbocycles. The quantitative estimate of drug-likeness (QED) is 0.840. The molecule has 0 spiro atoms. The second-order valence-electron chi connectivity index (χ2n) is 3.81. The molecule has 0 saturated carbocycles. The monoisotopic (exact) mass is 365 g/mol. The standard InChI is InChI=1S/C10H12BrN3O3S2/c1-6-2-7(17-14-6)5-13-19(15,16)9-3-8(4-12)18-10(9)11/h2-3,13H,4-5,12H2,1H3. The fourth-order valence-corrected chi connectivity index (χ4v) is 4.98. The lowest BCUT2D eigenvalue weighted by Crippen LogP contribution is -2.22. The molecule has 2 heterocycles. The van der Waals surface area contributed by atoms with Crippen molar-refractivity contribution in [2.75, 3.05) is 0 Å². The molecule has 0 aliphatic rings. The van der Waals surface area contributed by atoms with Gasteiger partial charge in [-0.25, -0.2) is 13.1 Å². The Morgan fingerprint density at radius 2 is 2.26 bits per heavy atom. The molecule has 0 unspecified atom stereocenters. The Morgan fingerprint density at radius 3 is 2.79 bits per heavy atom. The largest absolute Gasteiger partial charge is 0.360 e. The highest BCUT2D eigenvalue weighted by Gasteiger charge is 2.21. The van der Waals surface area contributed by atoms with Gasteiger partial charge in [0.1, 0.15) is 4.90 Å². The second-order valence-corrected chi connectivity index (χ2v) is 8.00. The number of sulfonamides is 1. The van der Waals surface area contributed by atoms with Crippen LogP contribution in [-0.4, -0.2) is 13.6 Å². The van der Waals surface area contributed by atoms with Gasteiger partial charge in [0, 0.05) is 17.5 Å². The molecule has 0 amide bonds. The van der Waals surface area contributed by atoms with Gasteiger partial charge >= 0.3 is 0 Å². The second kappa shape index (κ2) is 5.71. The van der Waals surface area contributed by atoms with Crippen LogP contribution in [0.4, 0.5) is 0 Å². The first-order valence-electron chi connectivity index (χ1n) is 5.32. The molecule has 0 fully saturated rings. The molecule has 2 rings (SSSR count). The van der Waals surface area contributed by atoms with E-state index in [-0.39, 0.29) is 11.4 Å². The van der Waals surface area contributed by atoms with Crippen LogP contribution in [0.1, 0.15) is 16.3 Å². The summed E-state index contributed by atoms with van der Waals surface area (Å²) in [5, 5.41) is 3.69. The van der Waals surface area contributed by atoms with Crippen molar-refractivity contribution in [2.24, 2.45) is 5.73 Å². The van der Waals surface area contributed by atoms with E-state index >= 15 is 0 Å². The van der Waals surface area contributed by atoms with Gasteiger partial charge in [-0.3, -0.25) is 0 Å². The molecule has 0 bridgehead atoms. The van der Waals surface area contributed by atoms with E-state index in [1.54, 1.807) is 19.1 Å². The zero-order chi connectivity index (χ0) is 14.0. The average molecular weight is 366 g/mol. The number of hydrogen-bond donors (Lipinski definition) is 2. The number of nitrogens with zero attached hydrogens (tertiary/aromatic N) is 1. The van der Waals surface area contributed by atoms with E-state index in [2.05, 4.69) is 25.8 Å². The lowest BCUT2D eigenvalue weighted by molar-refractivity contribution is 0.377. The van der Waals surface area contributed by atoms with Crippen molar-refractivity contribution in [3.05, 3.63) is 32.3 Å². The lowest BCUT2D eigenvalue weighted by Gasteiger charge is -2.03. The molecule has 0 aliphatic carbocycles. The number of aryl methyl sites for hydroxylation is 1. The Bertz CT molecular complexity index is 678. The number of nitrogens with two attached hydrogens (primary N) is 1. The van der Waals surface area contributed by atoms with E-state index in [0.29, 0.717) is 21.8 Å². The molecular formula is C10H12BrN3O3S2. The number of halogens is 1. The fraction of sp³-hybridized carbons (Fsp3) is 0.300. The first-order valence-corrected chi connectivity index (χ1v) is 8.42. The summed E-state index contributed by atoms with van der Waals surface area (Å²) in [4.78, 5) is 0.983. The zero-order valence-corrected chi connectivity index (χ0v) is 13.2. The Kier molecular flexibility index (Phi) is 4.41. The summed E-state index contributed by atoms with van der Waals surface area (Å²) in [6.07, 6.45) is 0. The molecule has 0 aliphatic heterocycles. The van der Waals surface area contributed by atoms with Gasteiger partial charge in [-0.1, -0.05) is 5.16 Å². The van der Waals surface area contributed by atoms with Gasteiger partial charge in [0.15, 0.2) is 5.76 Å². The summed E-state index contributed by atoms with van der Waals surface area (Å²) in [6.45, 7) is 2.13. The Morgan fingerprint density at radius 1 is 1.53 bits per heavy atom. The van der Waals surface area contributed by atoms with Gasteiger partial charge < -0.3 is 10.3 Å². The van der Waals surface area contributed by atoms with Gasteiger partial charge in [0.05, 0.1) is 16.0 Å². The minimum atomic E-state index is -3.60. The maximum absolute atomic E-state index is 12.1. The molecule has 6 nitrogen and oxygen atoms in total. The van der Waals surface area contributed by atoms with E-state index in [9.17, 15) is 8.42 Å². The molecule has 2 aromatic heterocycles. The van der Waals surface area contributed by atoms with Crippen molar-refractivity contribution in [3.63, 3.8) is 0 Å². The SMILES string of the molecule is Cc1cc(CNS(=O)(=O)c2cc(CN)sc2Br)on1. The maximum atomic E-state index is 12.1. The van der Waals surface area contributed by atoms with E-state index in [0.717, 1.165) is 4.88 Å². The van der Waals surface area contributed by atoms with E-state index in [4.69, 9.17) is 10.3 Å². The summed E-state index contributed by atoms with van der Waals surface area (Å²) in [5.74, 6) is 0.464. The van der Waals surface area contributed by atoms with E-state index in [1.807, 2.05) is 0 Å².